The van der Waals surface area contributed by atoms with E-state index in [2.05, 4.69) is 4.52 Å². The summed E-state index contributed by atoms with van der Waals surface area (Å²) in [6.07, 6.45) is -2.26. The lowest BCUT2D eigenvalue weighted by molar-refractivity contribution is -0.247. The zero-order valence-corrected chi connectivity index (χ0v) is 8.58. The topological polar surface area (TPSA) is 137 Å². The first-order valence-corrected chi connectivity index (χ1v) is 5.69. The highest BCUT2D eigenvalue weighted by Crippen LogP contribution is 2.38. The Morgan fingerprint density at radius 1 is 1.53 bits per heavy atom. The van der Waals surface area contributed by atoms with E-state index in [0.717, 1.165) is 0 Å². The minimum atomic E-state index is -4.59. The summed E-state index contributed by atoms with van der Waals surface area (Å²) >= 11 is 0. The van der Waals surface area contributed by atoms with E-state index < -0.39 is 39.0 Å². The maximum atomic E-state index is 10.3. The summed E-state index contributed by atoms with van der Waals surface area (Å²) in [5.74, 6) is -2.08. The van der Waals surface area contributed by atoms with Gasteiger partial charge in [0, 0.05) is 6.42 Å². The van der Waals surface area contributed by atoms with Gasteiger partial charge in [0.1, 0.15) is 6.10 Å². The molecule has 0 radical (unpaired) electrons. The van der Waals surface area contributed by atoms with Gasteiger partial charge in [0.25, 0.3) is 0 Å². The van der Waals surface area contributed by atoms with Crippen molar-refractivity contribution in [3.8, 4) is 0 Å². The Hall–Kier alpha value is -0.0500. The highest BCUT2D eigenvalue weighted by molar-refractivity contribution is 7.46. The van der Waals surface area contributed by atoms with Crippen molar-refractivity contribution in [1.29, 1.82) is 0 Å². The maximum absolute atomic E-state index is 10.3. The first kappa shape index (κ1) is 13.0. The van der Waals surface area contributed by atoms with Gasteiger partial charge in [-0.1, -0.05) is 0 Å². The summed E-state index contributed by atoms with van der Waals surface area (Å²) in [6, 6.07) is 0. The molecule has 5 N–H and O–H groups in total. The van der Waals surface area contributed by atoms with Crippen molar-refractivity contribution in [3.05, 3.63) is 0 Å². The summed E-state index contributed by atoms with van der Waals surface area (Å²) in [6.45, 7) is -1.27. The number of phosphoric ester groups is 1. The second-order valence-electron chi connectivity index (χ2n) is 3.28. The van der Waals surface area contributed by atoms with Gasteiger partial charge in [-0.25, -0.2) is 4.57 Å². The van der Waals surface area contributed by atoms with E-state index in [-0.39, 0.29) is 6.42 Å². The predicted molar refractivity (Wildman–Crippen MR) is 45.5 cm³/mol. The molecule has 0 unspecified atom stereocenters. The molecule has 0 saturated carbocycles. The third kappa shape index (κ3) is 3.47. The molecule has 0 aromatic carbocycles. The minimum Gasteiger partial charge on any atom is -0.391 e. The van der Waals surface area contributed by atoms with Gasteiger partial charge in [0.05, 0.1) is 19.3 Å². The van der Waals surface area contributed by atoms with E-state index in [1.807, 2.05) is 0 Å². The summed E-state index contributed by atoms with van der Waals surface area (Å²) in [4.78, 5) is 16.8. The maximum Gasteiger partial charge on any atom is 0.469 e. The first-order chi connectivity index (χ1) is 6.77. The second kappa shape index (κ2) is 4.44. The minimum absolute atomic E-state index is 0.0724. The number of hydrogen-bond donors (Lipinski definition) is 5. The van der Waals surface area contributed by atoms with Crippen LogP contribution in [-0.2, 0) is 13.8 Å². The Morgan fingerprint density at radius 3 is 2.53 bits per heavy atom. The molecule has 0 amide bonds. The van der Waals surface area contributed by atoms with Crippen LogP contribution >= 0.6 is 7.82 Å². The quantitative estimate of drug-likeness (QED) is 0.355. The van der Waals surface area contributed by atoms with Crippen molar-refractivity contribution in [2.75, 3.05) is 13.2 Å². The molecular formula is C6H13O8P. The van der Waals surface area contributed by atoms with Gasteiger partial charge in [0.2, 0.25) is 5.79 Å². The van der Waals surface area contributed by atoms with Crippen molar-refractivity contribution in [3.63, 3.8) is 0 Å². The van der Waals surface area contributed by atoms with E-state index in [0.29, 0.717) is 0 Å². The van der Waals surface area contributed by atoms with Crippen LogP contribution in [0.15, 0.2) is 0 Å². The van der Waals surface area contributed by atoms with E-state index in [9.17, 15) is 14.8 Å². The average molecular weight is 244 g/mol. The van der Waals surface area contributed by atoms with Crippen LogP contribution in [0.2, 0.25) is 0 Å². The lowest BCUT2D eigenvalue weighted by atomic mass is 10.1. The largest absolute Gasteiger partial charge is 0.469 e. The van der Waals surface area contributed by atoms with Gasteiger partial charge in [-0.2, -0.15) is 0 Å². The summed E-state index contributed by atoms with van der Waals surface area (Å²) < 4.78 is 19.3. The van der Waals surface area contributed by atoms with Gasteiger partial charge in [-0.15, -0.1) is 0 Å². The predicted octanol–water partition coefficient (Wildman–Crippen LogP) is -2.07. The molecule has 8 nitrogen and oxygen atoms in total. The van der Waals surface area contributed by atoms with Gasteiger partial charge in [-0.3, -0.25) is 4.52 Å². The number of aliphatic hydroxyl groups is 3. The number of phosphoric acid groups is 1. The molecule has 1 saturated heterocycles. The SMILES string of the molecule is O=P(O)(O)OC[C@@H]1C[C@H](O)[C@](O)(CO)O1. The molecule has 3 atom stereocenters. The lowest BCUT2D eigenvalue weighted by Crippen LogP contribution is -2.43. The molecule has 1 aliphatic heterocycles. The first-order valence-electron chi connectivity index (χ1n) is 4.16. The molecule has 1 heterocycles. The Bertz CT molecular complexity index is 264. The average Bonchev–Trinajstić information content (AvgIpc) is 2.39. The molecule has 1 rings (SSSR count). The van der Waals surface area contributed by atoms with Crippen LogP contribution in [0.5, 0.6) is 0 Å². The van der Waals surface area contributed by atoms with Gasteiger partial charge >= 0.3 is 7.82 Å². The fraction of sp³-hybridized carbons (Fsp3) is 1.00. The van der Waals surface area contributed by atoms with E-state index in [4.69, 9.17) is 19.6 Å². The molecule has 0 spiro atoms. The molecule has 1 fully saturated rings. The Balaban J connectivity index is 2.46. The van der Waals surface area contributed by atoms with Gasteiger partial charge < -0.3 is 29.8 Å². The van der Waals surface area contributed by atoms with E-state index in [1.54, 1.807) is 0 Å². The molecule has 0 aromatic heterocycles. The van der Waals surface area contributed by atoms with E-state index >= 15 is 0 Å². The molecule has 0 aromatic rings. The molecule has 1 aliphatic rings. The van der Waals surface area contributed by atoms with Crippen molar-refractivity contribution in [2.24, 2.45) is 0 Å². The number of aliphatic hydroxyl groups excluding tert-OH is 2. The van der Waals surface area contributed by atoms with Crippen molar-refractivity contribution >= 4 is 7.82 Å². The third-order valence-electron chi connectivity index (χ3n) is 2.03. The zero-order valence-electron chi connectivity index (χ0n) is 7.68. The normalized spacial score (nSPS) is 37.1. The van der Waals surface area contributed by atoms with Crippen LogP contribution in [0.1, 0.15) is 6.42 Å². The zero-order chi connectivity index (χ0) is 11.7. The molecule has 90 valence electrons. The van der Waals surface area contributed by atoms with E-state index in [1.165, 1.54) is 0 Å². The van der Waals surface area contributed by atoms with Gasteiger partial charge in [0.15, 0.2) is 0 Å². The molecule has 15 heavy (non-hydrogen) atoms. The van der Waals surface area contributed by atoms with Crippen molar-refractivity contribution < 1.29 is 38.9 Å². The fourth-order valence-corrected chi connectivity index (χ4v) is 1.63. The van der Waals surface area contributed by atoms with Crippen LogP contribution in [-0.4, -0.2) is 56.3 Å². The number of ether oxygens (including phenoxy) is 1. The Kier molecular flexibility index (Phi) is 3.85. The van der Waals surface area contributed by atoms with Crippen LogP contribution in [0, 0.1) is 0 Å². The van der Waals surface area contributed by atoms with Crippen molar-refractivity contribution in [2.45, 2.75) is 24.4 Å². The fourth-order valence-electron chi connectivity index (χ4n) is 1.27. The molecule has 0 bridgehead atoms. The van der Waals surface area contributed by atoms with Crippen molar-refractivity contribution in [1.82, 2.24) is 0 Å². The Labute approximate surface area is 85.3 Å². The van der Waals surface area contributed by atoms with Crippen LogP contribution in [0.25, 0.3) is 0 Å². The monoisotopic (exact) mass is 244 g/mol. The summed E-state index contributed by atoms with van der Waals surface area (Å²) in [5, 5.41) is 27.4. The van der Waals surface area contributed by atoms with Crippen LogP contribution < -0.4 is 0 Å². The van der Waals surface area contributed by atoms with Gasteiger partial charge in [-0.05, 0) is 0 Å². The standard InChI is InChI=1S/C6H13O8P/c7-3-6(9)5(8)1-4(14-6)2-13-15(10,11)12/h4-5,7-9H,1-3H2,(H2,10,11,12)/t4-,5-,6-/m0/s1. The summed E-state index contributed by atoms with van der Waals surface area (Å²) in [7, 11) is -4.59. The highest BCUT2D eigenvalue weighted by Gasteiger charge is 2.46. The molecule has 9 heteroatoms. The second-order valence-corrected chi connectivity index (χ2v) is 4.52. The smallest absolute Gasteiger partial charge is 0.391 e. The van der Waals surface area contributed by atoms with Crippen LogP contribution in [0.3, 0.4) is 0 Å². The number of hydrogen-bond acceptors (Lipinski definition) is 6. The van der Waals surface area contributed by atoms with Crippen LogP contribution in [0.4, 0.5) is 0 Å². The third-order valence-corrected chi connectivity index (χ3v) is 2.52. The number of rotatable bonds is 4. The molecular weight excluding hydrogens is 231 g/mol. The summed E-state index contributed by atoms with van der Waals surface area (Å²) in [5.41, 5.74) is 0. The molecule has 0 aliphatic carbocycles. The lowest BCUT2D eigenvalue weighted by Gasteiger charge is -2.23. The highest BCUT2D eigenvalue weighted by atomic mass is 31.2. The Morgan fingerprint density at radius 2 is 2.13 bits per heavy atom.